The summed E-state index contributed by atoms with van der Waals surface area (Å²) < 4.78 is 0. The summed E-state index contributed by atoms with van der Waals surface area (Å²) >= 11 is 0. The van der Waals surface area contributed by atoms with Gasteiger partial charge in [0.05, 0.1) is 5.54 Å². The summed E-state index contributed by atoms with van der Waals surface area (Å²) in [7, 11) is 0. The Morgan fingerprint density at radius 3 is 2.75 bits per heavy atom. The molecule has 1 unspecified atom stereocenters. The quantitative estimate of drug-likeness (QED) is 0.719. The molecular weight excluding hydrogens is 150 g/mol. The third kappa shape index (κ3) is 1.85. The van der Waals surface area contributed by atoms with Gasteiger partial charge in [-0.05, 0) is 20.3 Å². The van der Waals surface area contributed by atoms with Crippen LogP contribution in [0.3, 0.4) is 0 Å². The Balaban J connectivity index is 2.81. The van der Waals surface area contributed by atoms with Crippen molar-refractivity contribution in [1.29, 1.82) is 0 Å². The summed E-state index contributed by atoms with van der Waals surface area (Å²) in [6.45, 7) is 6.12. The van der Waals surface area contributed by atoms with Gasteiger partial charge in [-0.15, -0.1) is 0 Å². The maximum atomic E-state index is 6.07. The van der Waals surface area contributed by atoms with Crippen molar-refractivity contribution in [2.24, 2.45) is 5.73 Å². The van der Waals surface area contributed by atoms with Gasteiger partial charge in [0.1, 0.15) is 5.82 Å². The Kier molecular flexibility index (Phi) is 2.52. The third-order valence-electron chi connectivity index (χ3n) is 2.01. The minimum absolute atomic E-state index is 0.303. The number of aromatic amines is 1. The first-order valence-electron chi connectivity index (χ1n) is 4.37. The molecule has 0 saturated heterocycles. The number of H-pyrrole nitrogens is 1. The number of aryl methyl sites for hydroxylation is 1. The Morgan fingerprint density at radius 1 is 1.67 bits per heavy atom. The second kappa shape index (κ2) is 3.27. The van der Waals surface area contributed by atoms with Crippen LogP contribution in [0.25, 0.3) is 0 Å². The number of hydrogen-bond donors (Lipinski definition) is 2. The molecule has 0 spiro atoms. The number of hydrogen-bond acceptors (Lipinski definition) is 2. The molecule has 1 rings (SSSR count). The lowest BCUT2D eigenvalue weighted by Gasteiger charge is -2.20. The number of nitrogens with two attached hydrogens (primary N) is 1. The molecule has 0 amide bonds. The highest BCUT2D eigenvalue weighted by molar-refractivity contribution is 5.07. The largest absolute Gasteiger partial charge is 0.345 e. The minimum atomic E-state index is -0.303. The van der Waals surface area contributed by atoms with E-state index in [1.807, 2.05) is 20.0 Å². The zero-order valence-electron chi connectivity index (χ0n) is 8.02. The van der Waals surface area contributed by atoms with Crippen LogP contribution >= 0.6 is 0 Å². The van der Waals surface area contributed by atoms with Gasteiger partial charge in [-0.1, -0.05) is 13.3 Å². The second-order valence-corrected chi connectivity index (χ2v) is 3.58. The highest BCUT2D eigenvalue weighted by Gasteiger charge is 2.22. The molecule has 12 heavy (non-hydrogen) atoms. The van der Waals surface area contributed by atoms with Gasteiger partial charge in [0.2, 0.25) is 0 Å². The molecule has 1 aromatic rings. The van der Waals surface area contributed by atoms with E-state index in [-0.39, 0.29) is 5.54 Å². The van der Waals surface area contributed by atoms with Crippen LogP contribution in [0.15, 0.2) is 6.20 Å². The molecular formula is C9H17N3. The van der Waals surface area contributed by atoms with Crippen molar-refractivity contribution in [2.45, 2.75) is 39.2 Å². The predicted octanol–water partition coefficient (Wildman–Crippen LogP) is 1.69. The fourth-order valence-electron chi connectivity index (χ4n) is 1.34. The number of nitrogens with zero attached hydrogens (tertiary/aromatic N) is 1. The average Bonchev–Trinajstić information content (AvgIpc) is 2.36. The van der Waals surface area contributed by atoms with Crippen molar-refractivity contribution in [3.8, 4) is 0 Å². The Morgan fingerprint density at radius 2 is 2.33 bits per heavy atom. The van der Waals surface area contributed by atoms with Crippen LogP contribution in [0, 0.1) is 6.92 Å². The van der Waals surface area contributed by atoms with Crippen molar-refractivity contribution in [1.82, 2.24) is 9.97 Å². The highest BCUT2D eigenvalue weighted by atomic mass is 15.0. The van der Waals surface area contributed by atoms with Crippen LogP contribution in [-0.2, 0) is 5.54 Å². The molecule has 3 heteroatoms. The Hall–Kier alpha value is -0.830. The van der Waals surface area contributed by atoms with E-state index in [0.717, 1.165) is 24.4 Å². The van der Waals surface area contributed by atoms with Gasteiger partial charge in [-0.2, -0.15) is 0 Å². The van der Waals surface area contributed by atoms with Crippen LogP contribution in [-0.4, -0.2) is 9.97 Å². The van der Waals surface area contributed by atoms with Gasteiger partial charge >= 0.3 is 0 Å². The van der Waals surface area contributed by atoms with Crippen LogP contribution in [0.4, 0.5) is 0 Å². The summed E-state index contributed by atoms with van der Waals surface area (Å²) in [4.78, 5) is 7.39. The summed E-state index contributed by atoms with van der Waals surface area (Å²) in [6.07, 6.45) is 3.85. The fraction of sp³-hybridized carbons (Fsp3) is 0.667. The molecule has 1 heterocycles. The number of rotatable bonds is 3. The van der Waals surface area contributed by atoms with E-state index in [1.54, 1.807) is 0 Å². The summed E-state index contributed by atoms with van der Waals surface area (Å²) in [5.41, 5.74) is 6.83. The van der Waals surface area contributed by atoms with Gasteiger partial charge < -0.3 is 10.7 Å². The highest BCUT2D eigenvalue weighted by Crippen LogP contribution is 2.19. The first-order chi connectivity index (χ1) is 5.56. The van der Waals surface area contributed by atoms with Crippen molar-refractivity contribution in [2.75, 3.05) is 0 Å². The van der Waals surface area contributed by atoms with E-state index < -0.39 is 0 Å². The topological polar surface area (TPSA) is 54.7 Å². The zero-order chi connectivity index (χ0) is 9.19. The standard InChI is InChI=1S/C9H17N3/c1-4-5-9(3,10)8-11-6-7(2)12-8/h6H,4-5,10H2,1-3H3,(H,11,12). The van der Waals surface area contributed by atoms with E-state index >= 15 is 0 Å². The van der Waals surface area contributed by atoms with E-state index in [4.69, 9.17) is 5.73 Å². The van der Waals surface area contributed by atoms with Gasteiger partial charge in [0, 0.05) is 11.9 Å². The van der Waals surface area contributed by atoms with Crippen molar-refractivity contribution in [3.63, 3.8) is 0 Å². The molecule has 0 radical (unpaired) electrons. The van der Waals surface area contributed by atoms with Crippen molar-refractivity contribution >= 4 is 0 Å². The SMILES string of the molecule is CCCC(C)(N)c1ncc(C)[nH]1. The summed E-state index contributed by atoms with van der Waals surface area (Å²) in [5, 5.41) is 0. The Labute approximate surface area is 73.4 Å². The number of aromatic nitrogens is 2. The lowest BCUT2D eigenvalue weighted by molar-refractivity contribution is 0.423. The van der Waals surface area contributed by atoms with Crippen LogP contribution in [0.1, 0.15) is 38.2 Å². The normalized spacial score (nSPS) is 16.0. The van der Waals surface area contributed by atoms with Crippen molar-refractivity contribution in [3.05, 3.63) is 17.7 Å². The molecule has 0 aliphatic carbocycles. The smallest absolute Gasteiger partial charge is 0.126 e. The first kappa shape index (κ1) is 9.26. The number of imidazole rings is 1. The van der Waals surface area contributed by atoms with Crippen LogP contribution < -0.4 is 5.73 Å². The zero-order valence-corrected chi connectivity index (χ0v) is 8.02. The molecule has 0 bridgehead atoms. The molecule has 0 aliphatic heterocycles. The molecule has 1 atom stereocenters. The molecule has 0 aromatic carbocycles. The molecule has 68 valence electrons. The second-order valence-electron chi connectivity index (χ2n) is 3.58. The lowest BCUT2D eigenvalue weighted by Crippen LogP contribution is -2.34. The van der Waals surface area contributed by atoms with E-state index in [2.05, 4.69) is 16.9 Å². The van der Waals surface area contributed by atoms with Gasteiger partial charge in [-0.3, -0.25) is 0 Å². The summed E-state index contributed by atoms with van der Waals surface area (Å²) in [6, 6.07) is 0. The van der Waals surface area contributed by atoms with Gasteiger partial charge in [0.25, 0.3) is 0 Å². The van der Waals surface area contributed by atoms with E-state index in [1.165, 1.54) is 0 Å². The summed E-state index contributed by atoms with van der Waals surface area (Å²) in [5.74, 6) is 0.891. The minimum Gasteiger partial charge on any atom is -0.345 e. The monoisotopic (exact) mass is 167 g/mol. The Bertz CT molecular complexity index is 250. The van der Waals surface area contributed by atoms with Crippen LogP contribution in [0.5, 0.6) is 0 Å². The molecule has 0 fully saturated rings. The molecule has 3 N–H and O–H groups in total. The molecule has 0 aliphatic rings. The predicted molar refractivity (Wildman–Crippen MR) is 49.8 cm³/mol. The number of nitrogens with one attached hydrogen (secondary N) is 1. The maximum Gasteiger partial charge on any atom is 0.126 e. The third-order valence-corrected chi connectivity index (χ3v) is 2.01. The van der Waals surface area contributed by atoms with Crippen LogP contribution in [0.2, 0.25) is 0 Å². The van der Waals surface area contributed by atoms with Gasteiger partial charge in [0.15, 0.2) is 0 Å². The van der Waals surface area contributed by atoms with E-state index in [9.17, 15) is 0 Å². The molecule has 3 nitrogen and oxygen atoms in total. The molecule has 0 saturated carbocycles. The maximum absolute atomic E-state index is 6.07. The van der Waals surface area contributed by atoms with Gasteiger partial charge in [-0.25, -0.2) is 4.98 Å². The van der Waals surface area contributed by atoms with Crippen molar-refractivity contribution < 1.29 is 0 Å². The molecule has 1 aromatic heterocycles. The fourth-order valence-corrected chi connectivity index (χ4v) is 1.34. The van der Waals surface area contributed by atoms with E-state index in [0.29, 0.717) is 0 Å². The average molecular weight is 167 g/mol. The lowest BCUT2D eigenvalue weighted by atomic mass is 9.97. The first-order valence-corrected chi connectivity index (χ1v) is 4.37.